The predicted molar refractivity (Wildman–Crippen MR) is 57.6 cm³/mol. The van der Waals surface area contributed by atoms with Crippen LogP contribution < -0.4 is 5.32 Å². The van der Waals surface area contributed by atoms with E-state index >= 15 is 0 Å². The molecule has 0 atom stereocenters. The van der Waals surface area contributed by atoms with Crippen LogP contribution >= 0.6 is 0 Å². The molecule has 0 saturated carbocycles. The highest BCUT2D eigenvalue weighted by Gasteiger charge is 2.19. The molecule has 0 radical (unpaired) electrons. The van der Waals surface area contributed by atoms with Crippen molar-refractivity contribution in [3.8, 4) is 0 Å². The molecule has 74 valence electrons. The summed E-state index contributed by atoms with van der Waals surface area (Å²) in [5, 5.41) is 3.11. The maximum absolute atomic E-state index is 4.31. The van der Waals surface area contributed by atoms with Gasteiger partial charge < -0.3 is 9.88 Å². The van der Waals surface area contributed by atoms with E-state index in [1.165, 1.54) is 0 Å². The highest BCUT2D eigenvalue weighted by atomic mass is 15.2. The molecule has 1 N–H and O–H groups in total. The summed E-state index contributed by atoms with van der Waals surface area (Å²) in [7, 11) is 0. The lowest BCUT2D eigenvalue weighted by Gasteiger charge is -2.18. The standard InChI is InChI=1S/C10H14N4/c1-6(2)14-5-11-10-9(14)7(3)12-8(4)13-10/h5-6H,3H2,1-2,4H3,(H,12,13). The fourth-order valence-corrected chi connectivity index (χ4v) is 1.58. The molecule has 0 bridgehead atoms. The number of fused-ring (bicyclic) bond motifs is 1. The summed E-state index contributed by atoms with van der Waals surface area (Å²) < 4.78 is 2.07. The molecule has 0 unspecified atom stereocenters. The fourth-order valence-electron chi connectivity index (χ4n) is 1.58. The molecular formula is C10H14N4. The van der Waals surface area contributed by atoms with Gasteiger partial charge in [0.2, 0.25) is 0 Å². The van der Waals surface area contributed by atoms with Crippen LogP contribution in [0.25, 0.3) is 5.70 Å². The quantitative estimate of drug-likeness (QED) is 0.736. The van der Waals surface area contributed by atoms with Crippen LogP contribution in [0, 0.1) is 0 Å². The monoisotopic (exact) mass is 190 g/mol. The van der Waals surface area contributed by atoms with Crippen LogP contribution in [0.2, 0.25) is 0 Å². The summed E-state index contributed by atoms with van der Waals surface area (Å²) in [6, 6.07) is 0.374. The van der Waals surface area contributed by atoms with Crippen molar-refractivity contribution in [2.24, 2.45) is 4.99 Å². The molecule has 1 aliphatic rings. The van der Waals surface area contributed by atoms with E-state index in [1.54, 1.807) is 0 Å². The van der Waals surface area contributed by atoms with Crippen LogP contribution in [0.15, 0.2) is 17.9 Å². The number of imidazole rings is 1. The number of hydrogen-bond donors (Lipinski definition) is 1. The topological polar surface area (TPSA) is 42.2 Å². The van der Waals surface area contributed by atoms with E-state index < -0.39 is 0 Å². The van der Waals surface area contributed by atoms with E-state index in [0.29, 0.717) is 6.04 Å². The third-order valence-corrected chi connectivity index (χ3v) is 2.22. The van der Waals surface area contributed by atoms with Gasteiger partial charge in [-0.3, -0.25) is 0 Å². The zero-order chi connectivity index (χ0) is 10.3. The molecule has 14 heavy (non-hydrogen) atoms. The van der Waals surface area contributed by atoms with Gasteiger partial charge in [-0.2, -0.15) is 0 Å². The van der Waals surface area contributed by atoms with E-state index in [0.717, 1.165) is 23.0 Å². The maximum atomic E-state index is 4.31. The van der Waals surface area contributed by atoms with E-state index in [9.17, 15) is 0 Å². The van der Waals surface area contributed by atoms with Gasteiger partial charge in [0.05, 0.1) is 12.0 Å². The minimum absolute atomic E-state index is 0.374. The molecule has 2 heterocycles. The van der Waals surface area contributed by atoms with Gasteiger partial charge in [-0.05, 0) is 20.8 Å². The first-order valence-electron chi connectivity index (χ1n) is 4.68. The average Bonchev–Trinajstić information content (AvgIpc) is 2.47. The second kappa shape index (κ2) is 2.97. The molecule has 0 fully saturated rings. The zero-order valence-electron chi connectivity index (χ0n) is 8.70. The number of aromatic nitrogens is 2. The van der Waals surface area contributed by atoms with Crippen molar-refractivity contribution in [1.29, 1.82) is 0 Å². The molecule has 0 saturated heterocycles. The number of rotatable bonds is 1. The smallest absolute Gasteiger partial charge is 0.181 e. The molecule has 0 aliphatic carbocycles. The number of nitrogens with one attached hydrogen (secondary N) is 1. The lowest BCUT2D eigenvalue weighted by molar-refractivity contribution is 0.592. The van der Waals surface area contributed by atoms with Crippen LogP contribution in [0.3, 0.4) is 0 Å². The summed E-state index contributed by atoms with van der Waals surface area (Å²) in [5.74, 6) is 1.61. The van der Waals surface area contributed by atoms with Crippen LogP contribution in [0.5, 0.6) is 0 Å². The van der Waals surface area contributed by atoms with E-state index in [4.69, 9.17) is 0 Å². The summed E-state index contributed by atoms with van der Waals surface area (Å²) in [6.45, 7) is 10.1. The highest BCUT2D eigenvalue weighted by molar-refractivity contribution is 5.94. The van der Waals surface area contributed by atoms with Gasteiger partial charge in [-0.15, -0.1) is 0 Å². The summed E-state index contributed by atoms with van der Waals surface area (Å²) in [4.78, 5) is 8.57. The molecule has 1 aromatic heterocycles. The lowest BCUT2D eigenvalue weighted by Crippen LogP contribution is -2.23. The van der Waals surface area contributed by atoms with Crippen molar-refractivity contribution < 1.29 is 0 Å². The van der Waals surface area contributed by atoms with Crippen molar-refractivity contribution in [1.82, 2.24) is 14.9 Å². The Bertz CT molecular complexity index is 412. The number of aliphatic imine (C=N–C) groups is 1. The number of nitrogens with zero attached hydrogens (tertiary/aromatic N) is 3. The van der Waals surface area contributed by atoms with Crippen molar-refractivity contribution in [3.05, 3.63) is 18.6 Å². The minimum Gasteiger partial charge on any atom is -0.343 e. The second-order valence-corrected chi connectivity index (χ2v) is 3.72. The van der Waals surface area contributed by atoms with Gasteiger partial charge in [0.1, 0.15) is 11.5 Å². The Kier molecular flexibility index (Phi) is 1.91. The van der Waals surface area contributed by atoms with Gasteiger partial charge in [0.25, 0.3) is 0 Å². The van der Waals surface area contributed by atoms with Crippen LogP contribution in [0.1, 0.15) is 32.5 Å². The molecule has 0 spiro atoms. The Morgan fingerprint density at radius 3 is 2.86 bits per heavy atom. The van der Waals surface area contributed by atoms with Crippen molar-refractivity contribution >= 4 is 17.4 Å². The minimum atomic E-state index is 0.374. The highest BCUT2D eigenvalue weighted by Crippen LogP contribution is 2.28. The van der Waals surface area contributed by atoms with Crippen LogP contribution in [0.4, 0.5) is 5.82 Å². The molecule has 4 heteroatoms. The Morgan fingerprint density at radius 1 is 1.50 bits per heavy atom. The van der Waals surface area contributed by atoms with E-state index in [2.05, 4.69) is 40.3 Å². The molecule has 4 nitrogen and oxygen atoms in total. The first-order valence-corrected chi connectivity index (χ1v) is 4.68. The van der Waals surface area contributed by atoms with Crippen LogP contribution in [-0.4, -0.2) is 15.4 Å². The van der Waals surface area contributed by atoms with Crippen LogP contribution in [-0.2, 0) is 0 Å². The Hall–Kier alpha value is -1.58. The van der Waals surface area contributed by atoms with Gasteiger partial charge in [-0.25, -0.2) is 9.98 Å². The van der Waals surface area contributed by atoms with Crippen molar-refractivity contribution in [3.63, 3.8) is 0 Å². The van der Waals surface area contributed by atoms with E-state index in [1.807, 2.05) is 13.3 Å². The van der Waals surface area contributed by atoms with Gasteiger partial charge in [0.15, 0.2) is 5.82 Å². The fraction of sp³-hybridized carbons (Fsp3) is 0.400. The first-order chi connectivity index (χ1) is 6.59. The predicted octanol–water partition coefficient (Wildman–Crippen LogP) is 2.09. The van der Waals surface area contributed by atoms with E-state index in [-0.39, 0.29) is 0 Å². The summed E-state index contributed by atoms with van der Waals surface area (Å²) in [5.41, 5.74) is 1.87. The third kappa shape index (κ3) is 1.23. The van der Waals surface area contributed by atoms with Crippen molar-refractivity contribution in [2.75, 3.05) is 0 Å². The van der Waals surface area contributed by atoms with Gasteiger partial charge in [-0.1, -0.05) is 6.58 Å². The summed E-state index contributed by atoms with van der Waals surface area (Å²) in [6.07, 6.45) is 1.81. The Morgan fingerprint density at radius 2 is 2.21 bits per heavy atom. The van der Waals surface area contributed by atoms with Gasteiger partial charge in [0, 0.05) is 6.04 Å². The molecular weight excluding hydrogens is 176 g/mol. The number of amidine groups is 1. The van der Waals surface area contributed by atoms with Crippen molar-refractivity contribution in [2.45, 2.75) is 26.8 Å². The molecule has 0 aromatic carbocycles. The third-order valence-electron chi connectivity index (χ3n) is 2.22. The summed E-state index contributed by atoms with van der Waals surface area (Å²) >= 11 is 0. The average molecular weight is 190 g/mol. The zero-order valence-corrected chi connectivity index (χ0v) is 8.70. The molecule has 2 rings (SSSR count). The first kappa shape index (κ1) is 8.99. The van der Waals surface area contributed by atoms with Gasteiger partial charge >= 0.3 is 0 Å². The normalized spacial score (nSPS) is 15.1. The lowest BCUT2D eigenvalue weighted by atomic mass is 10.2. The molecule has 1 aliphatic heterocycles. The second-order valence-electron chi connectivity index (χ2n) is 3.72. The molecule has 0 amide bonds. The Labute approximate surface area is 83.4 Å². The maximum Gasteiger partial charge on any atom is 0.181 e. The molecule has 1 aromatic rings. The SMILES string of the molecule is C=C1NC(C)=Nc2ncn(C(C)C)c21. The Balaban J connectivity index is 2.58. The largest absolute Gasteiger partial charge is 0.343 e. The number of hydrogen-bond acceptors (Lipinski definition) is 3.